The Bertz CT molecular complexity index is 1650. The Morgan fingerprint density at radius 2 is 0.740 bits per heavy atom. The summed E-state index contributed by atoms with van der Waals surface area (Å²) in [7, 11) is 5.94. The summed E-state index contributed by atoms with van der Waals surface area (Å²) in [5, 5.41) is 9.70. The zero-order valence-electron chi connectivity index (χ0n) is 46.7. The number of hydrogen-bond donors (Lipinski definition) is 1. The molecule has 0 rings (SSSR count). The van der Waals surface area contributed by atoms with E-state index in [-0.39, 0.29) is 38.6 Å². The number of hydrogen-bond acceptors (Lipinski definition) is 7. The molecule has 0 aromatic heterocycles. The monoisotopic (exact) mass is 1010 g/mol. The van der Waals surface area contributed by atoms with E-state index in [0.717, 1.165) is 135 Å². The van der Waals surface area contributed by atoms with Crippen molar-refractivity contribution in [3.63, 3.8) is 0 Å². The van der Waals surface area contributed by atoms with Gasteiger partial charge in [0.2, 0.25) is 0 Å². The third-order valence-electron chi connectivity index (χ3n) is 11.4. The Kier molecular flexibility index (Phi) is 50.4. The van der Waals surface area contributed by atoms with Crippen LogP contribution in [0.2, 0.25) is 0 Å². The van der Waals surface area contributed by atoms with Gasteiger partial charge in [-0.05, 0) is 109 Å². The molecule has 0 fully saturated rings. The third-order valence-corrected chi connectivity index (χ3v) is 11.4. The van der Waals surface area contributed by atoms with E-state index in [1.165, 1.54) is 25.7 Å². The van der Waals surface area contributed by atoms with Crippen molar-refractivity contribution in [3.05, 3.63) is 134 Å². The van der Waals surface area contributed by atoms with Crippen molar-refractivity contribution in [3.8, 4) is 0 Å². The lowest BCUT2D eigenvalue weighted by molar-refractivity contribution is -0.870. The van der Waals surface area contributed by atoms with Crippen LogP contribution in [-0.4, -0.2) is 87.4 Å². The molecule has 0 amide bonds. The minimum absolute atomic E-state index is 0.174. The van der Waals surface area contributed by atoms with Gasteiger partial charge in [-0.2, -0.15) is 0 Å². The highest BCUT2D eigenvalue weighted by atomic mass is 16.7. The Balaban J connectivity index is 4.38. The van der Waals surface area contributed by atoms with E-state index in [9.17, 15) is 19.5 Å². The summed E-state index contributed by atoms with van der Waals surface area (Å²) in [6.45, 7) is 4.59. The van der Waals surface area contributed by atoms with Crippen LogP contribution in [0.4, 0.5) is 0 Å². The molecular weight excluding hydrogens is 911 g/mol. The Morgan fingerprint density at radius 3 is 1.10 bits per heavy atom. The van der Waals surface area contributed by atoms with Crippen molar-refractivity contribution in [1.82, 2.24) is 0 Å². The highest BCUT2D eigenvalue weighted by molar-refractivity contribution is 5.71. The maximum absolute atomic E-state index is 12.9. The number of unbranched alkanes of at least 4 members (excludes halogenated alkanes) is 13. The van der Waals surface area contributed by atoms with Crippen molar-refractivity contribution >= 4 is 17.9 Å². The minimum Gasteiger partial charge on any atom is -0.477 e. The number of carboxylic acids is 1. The molecule has 0 saturated heterocycles. The standard InChI is InChI=1S/C64H103NO8/c1-6-8-10-12-14-16-18-20-22-24-26-28-29-30-31-32-33-35-37-39-41-43-45-47-49-51-53-55-62(67)73-60(59-72-64(63(68)69)70-57-56-65(3,4)5)58-71-61(66)54-52-50-48-46-44-42-40-38-36-34-27-25-23-21-19-17-15-13-11-9-7-2/h8-11,14-17,20-23,26-28,30-31,33-35,39,41,60,64H,6-7,12-13,18-19,24-25,29,32,36-38,40,42-59H2,1-5H3/p+1/b10-8-,11-9-,16-14-,17-15-,22-20-,23-21-,28-26-,31-30-,34-27-,35-33-,41-39-. The van der Waals surface area contributed by atoms with Gasteiger partial charge in [0.05, 0.1) is 34.4 Å². The summed E-state index contributed by atoms with van der Waals surface area (Å²) in [6, 6.07) is 0. The van der Waals surface area contributed by atoms with E-state index < -0.39 is 24.3 Å². The average Bonchev–Trinajstić information content (AvgIpc) is 3.36. The van der Waals surface area contributed by atoms with Crippen LogP contribution in [0.3, 0.4) is 0 Å². The number of ether oxygens (including phenoxy) is 4. The van der Waals surface area contributed by atoms with Gasteiger partial charge >= 0.3 is 17.9 Å². The number of rotatable bonds is 50. The first-order valence-electron chi connectivity index (χ1n) is 28.3. The highest BCUT2D eigenvalue weighted by Crippen LogP contribution is 2.14. The van der Waals surface area contributed by atoms with E-state index in [1.54, 1.807) is 0 Å². The fraction of sp³-hybridized carbons (Fsp3) is 0.609. The topological polar surface area (TPSA) is 108 Å². The van der Waals surface area contributed by atoms with Crippen molar-refractivity contribution in [1.29, 1.82) is 0 Å². The summed E-state index contributed by atoms with van der Waals surface area (Å²) in [4.78, 5) is 37.4. The smallest absolute Gasteiger partial charge is 0.361 e. The van der Waals surface area contributed by atoms with Crippen LogP contribution < -0.4 is 0 Å². The minimum atomic E-state index is -1.53. The van der Waals surface area contributed by atoms with E-state index in [0.29, 0.717) is 17.4 Å². The molecule has 0 heterocycles. The van der Waals surface area contributed by atoms with Crippen LogP contribution in [0.15, 0.2) is 134 Å². The Morgan fingerprint density at radius 1 is 0.411 bits per heavy atom. The van der Waals surface area contributed by atoms with Gasteiger partial charge in [0.1, 0.15) is 13.2 Å². The van der Waals surface area contributed by atoms with Crippen LogP contribution in [0.1, 0.15) is 194 Å². The van der Waals surface area contributed by atoms with Crippen molar-refractivity contribution < 1.29 is 42.9 Å². The summed E-state index contributed by atoms with van der Waals surface area (Å²) in [6.07, 6.45) is 73.7. The molecular formula is C64H104NO8+. The molecule has 9 nitrogen and oxygen atoms in total. The molecule has 0 aliphatic carbocycles. The summed E-state index contributed by atoms with van der Waals surface area (Å²) < 4.78 is 22.8. The number of carbonyl (C=O) groups excluding carboxylic acids is 2. The number of likely N-dealkylation sites (N-methyl/N-ethyl adjacent to an activating group) is 1. The van der Waals surface area contributed by atoms with Gasteiger partial charge in [-0.25, -0.2) is 4.79 Å². The van der Waals surface area contributed by atoms with Crippen LogP contribution in [0, 0.1) is 0 Å². The molecule has 1 N–H and O–H groups in total. The number of carboxylic acid groups (broad SMARTS) is 1. The van der Waals surface area contributed by atoms with Crippen molar-refractivity contribution in [2.45, 2.75) is 206 Å². The molecule has 0 aliphatic rings. The van der Waals surface area contributed by atoms with E-state index >= 15 is 0 Å². The fourth-order valence-corrected chi connectivity index (χ4v) is 7.10. The van der Waals surface area contributed by atoms with Crippen LogP contribution in [-0.2, 0) is 33.3 Å². The van der Waals surface area contributed by atoms with E-state index in [4.69, 9.17) is 18.9 Å². The van der Waals surface area contributed by atoms with Gasteiger partial charge in [0, 0.05) is 12.8 Å². The quantitative estimate of drug-likeness (QED) is 0.0211. The maximum Gasteiger partial charge on any atom is 0.361 e. The third kappa shape index (κ3) is 55.0. The second-order valence-corrected chi connectivity index (χ2v) is 19.5. The van der Waals surface area contributed by atoms with Crippen LogP contribution >= 0.6 is 0 Å². The van der Waals surface area contributed by atoms with E-state index in [1.807, 2.05) is 21.1 Å². The Hall–Kier alpha value is -4.57. The SMILES string of the molecule is CC/C=C\C/C=C\C/C=C\C/C=C\C/C=C\C/C=C\C/C=C\CCCCCCCC(=O)OC(COC(=O)CCCCCCCCCC/C=C\C/C=C\C/C=C\C/C=C\CC)COC(OCC[N+](C)(C)C)C(=O)O. The zero-order valence-corrected chi connectivity index (χ0v) is 46.7. The fourth-order valence-electron chi connectivity index (χ4n) is 7.10. The second kappa shape index (κ2) is 53.7. The molecule has 2 atom stereocenters. The van der Waals surface area contributed by atoms with E-state index in [2.05, 4.69) is 148 Å². The number of nitrogens with zero attached hydrogens (tertiary/aromatic N) is 1. The normalized spacial score (nSPS) is 13.8. The maximum atomic E-state index is 12.9. The zero-order chi connectivity index (χ0) is 53.4. The predicted octanol–water partition coefficient (Wildman–Crippen LogP) is 16.7. The first-order chi connectivity index (χ1) is 35.6. The molecule has 0 spiro atoms. The summed E-state index contributed by atoms with van der Waals surface area (Å²) in [5.41, 5.74) is 0. The summed E-state index contributed by atoms with van der Waals surface area (Å²) in [5.74, 6) is -2.06. The number of esters is 2. The van der Waals surface area contributed by atoms with Gasteiger partial charge in [-0.15, -0.1) is 0 Å². The van der Waals surface area contributed by atoms with Gasteiger partial charge in [0.15, 0.2) is 6.10 Å². The number of quaternary nitrogens is 1. The predicted molar refractivity (Wildman–Crippen MR) is 308 cm³/mol. The lowest BCUT2D eigenvalue weighted by Gasteiger charge is -2.25. The second-order valence-electron chi connectivity index (χ2n) is 19.5. The van der Waals surface area contributed by atoms with Crippen LogP contribution in [0.5, 0.6) is 0 Å². The first-order valence-corrected chi connectivity index (χ1v) is 28.3. The molecule has 0 aromatic rings. The van der Waals surface area contributed by atoms with Crippen molar-refractivity contribution in [2.24, 2.45) is 0 Å². The molecule has 0 bridgehead atoms. The van der Waals surface area contributed by atoms with Gasteiger partial charge in [0.25, 0.3) is 6.29 Å². The molecule has 412 valence electrons. The number of carbonyl (C=O) groups is 3. The summed E-state index contributed by atoms with van der Waals surface area (Å²) >= 11 is 0. The average molecular weight is 1020 g/mol. The molecule has 0 aliphatic heterocycles. The van der Waals surface area contributed by atoms with Crippen molar-refractivity contribution in [2.75, 3.05) is 47.5 Å². The molecule has 9 heteroatoms. The highest BCUT2D eigenvalue weighted by Gasteiger charge is 2.25. The lowest BCUT2D eigenvalue weighted by atomic mass is 10.1. The van der Waals surface area contributed by atoms with Gasteiger partial charge in [-0.3, -0.25) is 9.59 Å². The molecule has 0 aromatic carbocycles. The largest absolute Gasteiger partial charge is 0.477 e. The molecule has 2 unspecified atom stereocenters. The lowest BCUT2D eigenvalue weighted by Crippen LogP contribution is -2.40. The molecule has 73 heavy (non-hydrogen) atoms. The Labute approximate surface area is 446 Å². The molecule has 0 saturated carbocycles. The molecule has 0 radical (unpaired) electrons. The number of aliphatic carboxylic acids is 1. The first kappa shape index (κ1) is 68.4. The van der Waals surface area contributed by atoms with Gasteiger partial charge in [-0.1, -0.05) is 205 Å². The van der Waals surface area contributed by atoms with Gasteiger partial charge < -0.3 is 28.5 Å². The number of allylic oxidation sites excluding steroid dienone is 22. The van der Waals surface area contributed by atoms with Crippen LogP contribution in [0.25, 0.3) is 0 Å².